The third kappa shape index (κ3) is 2.65. The molecule has 1 aliphatic rings. The van der Waals surface area contributed by atoms with Crippen LogP contribution in [-0.2, 0) is 0 Å². The largest absolute Gasteiger partial charge is 0.345 e. The second-order valence-corrected chi connectivity index (χ2v) is 4.80. The minimum atomic E-state index is -0.911. The number of rotatable bonds is 3. The van der Waals surface area contributed by atoms with Crippen molar-refractivity contribution in [1.82, 2.24) is 15.1 Å². The van der Waals surface area contributed by atoms with Crippen molar-refractivity contribution in [1.29, 1.82) is 0 Å². The summed E-state index contributed by atoms with van der Waals surface area (Å²) in [5.74, 6) is -0.279. The molecule has 1 aliphatic carbocycles. The molecule has 1 aromatic rings. The van der Waals surface area contributed by atoms with Gasteiger partial charge in [0.25, 0.3) is 5.91 Å². The molecule has 1 aromatic heterocycles. The van der Waals surface area contributed by atoms with E-state index >= 15 is 0 Å². The van der Waals surface area contributed by atoms with Gasteiger partial charge in [-0.25, -0.2) is 4.39 Å². The van der Waals surface area contributed by atoms with Crippen molar-refractivity contribution in [2.75, 3.05) is 0 Å². The summed E-state index contributed by atoms with van der Waals surface area (Å²) >= 11 is 0. The predicted octanol–water partition coefficient (Wildman–Crippen LogP) is 2.08. The minimum Gasteiger partial charge on any atom is -0.345 e. The van der Waals surface area contributed by atoms with Crippen molar-refractivity contribution in [3.63, 3.8) is 0 Å². The van der Waals surface area contributed by atoms with Crippen LogP contribution in [0.2, 0.25) is 0 Å². The summed E-state index contributed by atoms with van der Waals surface area (Å²) in [6.45, 7) is 3.98. The third-order valence-corrected chi connectivity index (χ3v) is 3.12. The van der Waals surface area contributed by atoms with Crippen LogP contribution < -0.4 is 5.32 Å². The van der Waals surface area contributed by atoms with Crippen LogP contribution in [0.15, 0.2) is 12.3 Å². The first-order chi connectivity index (χ1) is 8.08. The standard InChI is InChI=1S/C12H18FN3O/c1-8(2)16-7-6-11(15-16)12(17)14-10-5-3-4-9(10)13/h6-10H,3-5H2,1-2H3,(H,14,17)/t9-,10+/m0/s1. The number of nitrogens with one attached hydrogen (secondary N) is 1. The number of aromatic nitrogens is 2. The molecule has 1 N–H and O–H groups in total. The van der Waals surface area contributed by atoms with E-state index in [4.69, 9.17) is 0 Å². The molecular weight excluding hydrogens is 221 g/mol. The van der Waals surface area contributed by atoms with Crippen LogP contribution in [-0.4, -0.2) is 27.9 Å². The highest BCUT2D eigenvalue weighted by molar-refractivity contribution is 5.92. The van der Waals surface area contributed by atoms with Crippen molar-refractivity contribution in [2.45, 2.75) is 51.4 Å². The summed E-state index contributed by atoms with van der Waals surface area (Å²) in [6.07, 6.45) is 2.96. The number of hydrogen-bond acceptors (Lipinski definition) is 2. The number of carbonyl (C=O) groups is 1. The summed E-state index contributed by atoms with van der Waals surface area (Å²) in [6, 6.07) is 1.54. The number of hydrogen-bond donors (Lipinski definition) is 1. The SMILES string of the molecule is CC(C)n1ccc(C(=O)N[C@@H]2CCC[C@@H]2F)n1. The number of carbonyl (C=O) groups excluding carboxylic acids is 1. The molecule has 17 heavy (non-hydrogen) atoms. The Hall–Kier alpha value is -1.39. The molecular formula is C12H18FN3O. The van der Waals surface area contributed by atoms with E-state index in [0.29, 0.717) is 12.1 Å². The van der Waals surface area contributed by atoms with Gasteiger partial charge in [-0.3, -0.25) is 9.48 Å². The molecule has 1 saturated carbocycles. The predicted molar refractivity (Wildman–Crippen MR) is 62.6 cm³/mol. The highest BCUT2D eigenvalue weighted by Crippen LogP contribution is 2.22. The van der Waals surface area contributed by atoms with E-state index in [1.54, 1.807) is 16.9 Å². The van der Waals surface area contributed by atoms with Gasteiger partial charge in [0.15, 0.2) is 0 Å². The zero-order valence-electron chi connectivity index (χ0n) is 10.2. The summed E-state index contributed by atoms with van der Waals surface area (Å²) < 4.78 is 15.1. The Labute approximate surface area is 100 Å². The molecule has 2 rings (SSSR count). The number of halogens is 1. The topological polar surface area (TPSA) is 46.9 Å². The first kappa shape index (κ1) is 12.1. The van der Waals surface area contributed by atoms with E-state index in [1.165, 1.54) is 0 Å². The summed E-state index contributed by atoms with van der Waals surface area (Å²) in [5.41, 5.74) is 0.359. The van der Waals surface area contributed by atoms with E-state index in [9.17, 15) is 9.18 Å². The summed E-state index contributed by atoms with van der Waals surface area (Å²) in [5, 5.41) is 6.87. The maximum Gasteiger partial charge on any atom is 0.272 e. The zero-order chi connectivity index (χ0) is 12.4. The normalized spacial score (nSPS) is 24.2. The molecule has 5 heteroatoms. The van der Waals surface area contributed by atoms with Gasteiger partial charge in [-0.1, -0.05) is 0 Å². The fraction of sp³-hybridized carbons (Fsp3) is 0.667. The lowest BCUT2D eigenvalue weighted by Crippen LogP contribution is -2.38. The van der Waals surface area contributed by atoms with E-state index in [1.807, 2.05) is 13.8 Å². The van der Waals surface area contributed by atoms with Gasteiger partial charge in [-0.05, 0) is 39.2 Å². The Morgan fingerprint density at radius 1 is 1.59 bits per heavy atom. The van der Waals surface area contributed by atoms with Gasteiger partial charge in [-0.2, -0.15) is 5.10 Å². The highest BCUT2D eigenvalue weighted by Gasteiger charge is 2.28. The molecule has 0 unspecified atom stereocenters. The first-order valence-electron chi connectivity index (χ1n) is 6.08. The lowest BCUT2D eigenvalue weighted by molar-refractivity contribution is 0.0913. The molecule has 0 saturated heterocycles. The highest BCUT2D eigenvalue weighted by atomic mass is 19.1. The van der Waals surface area contributed by atoms with Crippen LogP contribution in [0.3, 0.4) is 0 Å². The fourth-order valence-electron chi connectivity index (χ4n) is 2.07. The molecule has 0 bridgehead atoms. The monoisotopic (exact) mass is 239 g/mol. The number of amides is 1. The van der Waals surface area contributed by atoms with E-state index in [-0.39, 0.29) is 18.0 Å². The van der Waals surface area contributed by atoms with Crippen LogP contribution in [0.1, 0.15) is 49.6 Å². The zero-order valence-corrected chi connectivity index (χ0v) is 10.2. The average molecular weight is 239 g/mol. The smallest absolute Gasteiger partial charge is 0.272 e. The van der Waals surface area contributed by atoms with Gasteiger partial charge in [-0.15, -0.1) is 0 Å². The first-order valence-corrected chi connectivity index (χ1v) is 6.08. The maximum atomic E-state index is 13.4. The van der Waals surface area contributed by atoms with E-state index in [0.717, 1.165) is 12.8 Å². The van der Waals surface area contributed by atoms with Crippen LogP contribution >= 0.6 is 0 Å². The van der Waals surface area contributed by atoms with E-state index in [2.05, 4.69) is 10.4 Å². The van der Waals surface area contributed by atoms with Crippen molar-refractivity contribution < 1.29 is 9.18 Å². The van der Waals surface area contributed by atoms with Gasteiger partial charge >= 0.3 is 0 Å². The maximum absolute atomic E-state index is 13.4. The number of alkyl halides is 1. The van der Waals surface area contributed by atoms with Crippen molar-refractivity contribution in [2.24, 2.45) is 0 Å². The molecule has 94 valence electrons. The second-order valence-electron chi connectivity index (χ2n) is 4.80. The Balaban J connectivity index is 1.99. The summed E-state index contributed by atoms with van der Waals surface area (Å²) in [7, 11) is 0. The fourth-order valence-corrected chi connectivity index (χ4v) is 2.07. The Bertz CT molecular complexity index is 402. The van der Waals surface area contributed by atoms with Gasteiger partial charge < -0.3 is 5.32 Å². The average Bonchev–Trinajstić information content (AvgIpc) is 2.88. The van der Waals surface area contributed by atoms with E-state index < -0.39 is 6.17 Å². The molecule has 4 nitrogen and oxygen atoms in total. The van der Waals surface area contributed by atoms with Crippen molar-refractivity contribution in [3.8, 4) is 0 Å². The molecule has 1 amide bonds. The number of nitrogens with zero attached hydrogens (tertiary/aromatic N) is 2. The Morgan fingerprint density at radius 2 is 2.35 bits per heavy atom. The van der Waals surface area contributed by atoms with Gasteiger partial charge in [0, 0.05) is 12.2 Å². The second kappa shape index (κ2) is 4.85. The minimum absolute atomic E-state index is 0.219. The molecule has 0 spiro atoms. The molecule has 0 aliphatic heterocycles. The summed E-state index contributed by atoms with van der Waals surface area (Å²) in [4.78, 5) is 11.8. The van der Waals surface area contributed by atoms with Crippen LogP contribution in [0, 0.1) is 0 Å². The van der Waals surface area contributed by atoms with Gasteiger partial charge in [0.05, 0.1) is 6.04 Å². The Kier molecular flexibility index (Phi) is 3.45. The Morgan fingerprint density at radius 3 is 2.88 bits per heavy atom. The van der Waals surface area contributed by atoms with Crippen LogP contribution in [0.5, 0.6) is 0 Å². The molecule has 0 aromatic carbocycles. The quantitative estimate of drug-likeness (QED) is 0.877. The van der Waals surface area contributed by atoms with Gasteiger partial charge in [0.1, 0.15) is 11.9 Å². The van der Waals surface area contributed by atoms with Crippen molar-refractivity contribution in [3.05, 3.63) is 18.0 Å². The molecule has 1 fully saturated rings. The lowest BCUT2D eigenvalue weighted by Gasteiger charge is -2.13. The van der Waals surface area contributed by atoms with Gasteiger partial charge in [0.2, 0.25) is 0 Å². The molecule has 2 atom stereocenters. The molecule has 1 heterocycles. The molecule has 0 radical (unpaired) electrons. The van der Waals surface area contributed by atoms with Crippen LogP contribution in [0.25, 0.3) is 0 Å². The lowest BCUT2D eigenvalue weighted by atomic mass is 10.2. The van der Waals surface area contributed by atoms with Crippen molar-refractivity contribution >= 4 is 5.91 Å². The third-order valence-electron chi connectivity index (χ3n) is 3.12. The van der Waals surface area contributed by atoms with Crippen LogP contribution in [0.4, 0.5) is 4.39 Å².